The molecule has 0 bridgehead atoms. The second-order valence-electron chi connectivity index (χ2n) is 8.02. The van der Waals surface area contributed by atoms with Gasteiger partial charge in [-0.2, -0.15) is 0 Å². The van der Waals surface area contributed by atoms with Gasteiger partial charge in [0.1, 0.15) is 5.75 Å². The fourth-order valence-electron chi connectivity index (χ4n) is 3.64. The van der Waals surface area contributed by atoms with Crippen LogP contribution in [0.25, 0.3) is 10.8 Å². The van der Waals surface area contributed by atoms with Crippen LogP contribution in [0.15, 0.2) is 89.8 Å². The first-order valence-electron chi connectivity index (χ1n) is 11.1. The molecule has 0 saturated heterocycles. The largest absolute Gasteiger partial charge is 0.480 e. The van der Waals surface area contributed by atoms with Gasteiger partial charge in [0.25, 0.3) is 15.9 Å². The zero-order valence-electron chi connectivity index (χ0n) is 19.3. The number of amides is 1. The molecule has 0 aliphatic carbocycles. The van der Waals surface area contributed by atoms with Gasteiger partial charge in [0, 0.05) is 16.1 Å². The van der Waals surface area contributed by atoms with E-state index in [4.69, 9.17) is 16.3 Å². The molecule has 0 radical (unpaired) electrons. The number of nitrogens with one attached hydrogen (secondary N) is 2. The van der Waals surface area contributed by atoms with Crippen molar-refractivity contribution in [2.75, 3.05) is 10.0 Å². The summed E-state index contributed by atoms with van der Waals surface area (Å²) in [6, 6.07) is 24.5. The van der Waals surface area contributed by atoms with E-state index in [2.05, 4.69) is 10.0 Å². The third-order valence-corrected chi connectivity index (χ3v) is 7.42. The molecule has 0 aliphatic heterocycles. The van der Waals surface area contributed by atoms with Gasteiger partial charge in [0.15, 0.2) is 6.10 Å². The maximum Gasteiger partial charge on any atom is 0.265 e. The van der Waals surface area contributed by atoms with Gasteiger partial charge >= 0.3 is 0 Å². The number of carbonyl (C=O) groups excluding carboxylic acids is 1. The standard InChI is InChI=1S/C27H25ClN2O4S/c1-3-25(34-26-13-6-9-19-8-4-5-10-22(19)26)27(31)29-20-14-16-21(17-15-20)35(32,33)30-24-12-7-11-23(28)18(24)2/h4-17,25,30H,3H2,1-2H3,(H,29,31)/t25-/m0/s1. The van der Waals surface area contributed by atoms with Crippen molar-refractivity contribution in [3.05, 3.63) is 95.5 Å². The Morgan fingerprint density at radius 2 is 1.63 bits per heavy atom. The van der Waals surface area contributed by atoms with Crippen molar-refractivity contribution in [3.8, 4) is 5.75 Å². The zero-order chi connectivity index (χ0) is 25.0. The second kappa shape index (κ2) is 10.4. The van der Waals surface area contributed by atoms with Gasteiger partial charge in [-0.25, -0.2) is 8.42 Å². The lowest BCUT2D eigenvalue weighted by Gasteiger charge is -2.19. The predicted molar refractivity (Wildman–Crippen MR) is 141 cm³/mol. The van der Waals surface area contributed by atoms with Crippen molar-refractivity contribution in [1.29, 1.82) is 0 Å². The Labute approximate surface area is 209 Å². The zero-order valence-corrected chi connectivity index (χ0v) is 20.9. The molecule has 1 atom stereocenters. The molecule has 4 aromatic carbocycles. The van der Waals surface area contributed by atoms with E-state index in [1.165, 1.54) is 12.1 Å². The minimum Gasteiger partial charge on any atom is -0.480 e. The van der Waals surface area contributed by atoms with Crippen molar-refractivity contribution < 1.29 is 17.9 Å². The van der Waals surface area contributed by atoms with E-state index < -0.39 is 16.1 Å². The molecule has 8 heteroatoms. The van der Waals surface area contributed by atoms with E-state index in [1.54, 1.807) is 37.3 Å². The number of sulfonamides is 1. The number of ether oxygens (including phenoxy) is 1. The molecular formula is C27H25ClN2O4S. The van der Waals surface area contributed by atoms with Crippen LogP contribution in [-0.4, -0.2) is 20.4 Å². The monoisotopic (exact) mass is 508 g/mol. The lowest BCUT2D eigenvalue weighted by molar-refractivity contribution is -0.122. The summed E-state index contributed by atoms with van der Waals surface area (Å²) >= 11 is 6.09. The highest BCUT2D eigenvalue weighted by atomic mass is 35.5. The Morgan fingerprint density at radius 3 is 2.37 bits per heavy atom. The first-order valence-corrected chi connectivity index (χ1v) is 13.0. The fourth-order valence-corrected chi connectivity index (χ4v) is 4.93. The smallest absolute Gasteiger partial charge is 0.265 e. The van der Waals surface area contributed by atoms with E-state index in [-0.39, 0.29) is 10.8 Å². The van der Waals surface area contributed by atoms with Crippen molar-refractivity contribution in [2.24, 2.45) is 0 Å². The summed E-state index contributed by atoms with van der Waals surface area (Å²) in [7, 11) is -3.83. The number of hydrogen-bond acceptors (Lipinski definition) is 4. The summed E-state index contributed by atoms with van der Waals surface area (Å²) in [6.45, 7) is 3.61. The van der Waals surface area contributed by atoms with Crippen LogP contribution >= 0.6 is 11.6 Å². The molecule has 0 heterocycles. The van der Waals surface area contributed by atoms with Crippen molar-refractivity contribution >= 4 is 49.7 Å². The molecule has 4 rings (SSSR count). The molecule has 2 N–H and O–H groups in total. The molecule has 0 saturated carbocycles. The SMILES string of the molecule is CC[C@H](Oc1cccc2ccccc12)C(=O)Nc1ccc(S(=O)(=O)Nc2cccc(Cl)c2C)cc1. The Kier molecular flexibility index (Phi) is 7.28. The molecule has 35 heavy (non-hydrogen) atoms. The van der Waals surface area contributed by atoms with Crippen LogP contribution in [0, 0.1) is 6.92 Å². The van der Waals surface area contributed by atoms with Crippen molar-refractivity contribution in [1.82, 2.24) is 0 Å². The Bertz CT molecular complexity index is 1470. The number of hydrogen-bond donors (Lipinski definition) is 2. The summed E-state index contributed by atoms with van der Waals surface area (Å²) in [5.41, 5.74) is 1.51. The Balaban J connectivity index is 1.46. The maximum atomic E-state index is 12.9. The minimum atomic E-state index is -3.83. The van der Waals surface area contributed by atoms with Gasteiger partial charge in [-0.15, -0.1) is 0 Å². The lowest BCUT2D eigenvalue weighted by Crippen LogP contribution is -2.32. The number of carbonyl (C=O) groups is 1. The molecule has 4 aromatic rings. The Hall–Kier alpha value is -3.55. The first kappa shape index (κ1) is 24.6. The molecule has 180 valence electrons. The predicted octanol–water partition coefficient (Wildman–Crippen LogP) is 6.40. The van der Waals surface area contributed by atoms with Gasteiger partial charge in [0.05, 0.1) is 10.6 Å². The van der Waals surface area contributed by atoms with Crippen LogP contribution in [0.3, 0.4) is 0 Å². The molecule has 6 nitrogen and oxygen atoms in total. The molecule has 0 unspecified atom stereocenters. The fraction of sp³-hybridized carbons (Fsp3) is 0.148. The van der Waals surface area contributed by atoms with E-state index in [9.17, 15) is 13.2 Å². The average Bonchev–Trinajstić information content (AvgIpc) is 2.85. The molecule has 0 aliphatic rings. The summed E-state index contributed by atoms with van der Waals surface area (Å²) in [6.07, 6.45) is -0.249. The molecule has 0 fully saturated rings. The average molecular weight is 509 g/mol. The normalized spacial score (nSPS) is 12.2. The summed E-state index contributed by atoms with van der Waals surface area (Å²) < 4.78 is 34.2. The summed E-state index contributed by atoms with van der Waals surface area (Å²) in [5.74, 6) is 0.317. The topological polar surface area (TPSA) is 84.5 Å². The van der Waals surface area contributed by atoms with Gasteiger partial charge in [-0.1, -0.05) is 61.0 Å². The van der Waals surface area contributed by atoms with Crippen LogP contribution in [0.5, 0.6) is 5.75 Å². The van der Waals surface area contributed by atoms with Crippen LogP contribution < -0.4 is 14.8 Å². The van der Waals surface area contributed by atoms with E-state index in [1.807, 2.05) is 49.4 Å². The van der Waals surface area contributed by atoms with E-state index in [0.717, 1.165) is 10.8 Å². The van der Waals surface area contributed by atoms with Crippen molar-refractivity contribution in [2.45, 2.75) is 31.3 Å². The van der Waals surface area contributed by atoms with Crippen LogP contribution in [-0.2, 0) is 14.8 Å². The highest BCUT2D eigenvalue weighted by Crippen LogP contribution is 2.28. The van der Waals surface area contributed by atoms with Crippen LogP contribution in [0.2, 0.25) is 5.02 Å². The van der Waals surface area contributed by atoms with Gasteiger partial charge in [-0.05, 0) is 66.8 Å². The first-order chi connectivity index (χ1) is 16.8. The Morgan fingerprint density at radius 1 is 0.943 bits per heavy atom. The third kappa shape index (κ3) is 5.58. The third-order valence-electron chi connectivity index (χ3n) is 5.63. The highest BCUT2D eigenvalue weighted by molar-refractivity contribution is 7.92. The number of rotatable bonds is 8. The van der Waals surface area contributed by atoms with E-state index >= 15 is 0 Å². The number of fused-ring (bicyclic) bond motifs is 1. The summed E-state index contributed by atoms with van der Waals surface area (Å²) in [4.78, 5) is 13.0. The quantitative estimate of drug-likeness (QED) is 0.288. The number of anilines is 2. The number of benzene rings is 4. The molecule has 1 amide bonds. The molecule has 0 aromatic heterocycles. The molecular weight excluding hydrogens is 484 g/mol. The van der Waals surface area contributed by atoms with Gasteiger partial charge in [-0.3, -0.25) is 9.52 Å². The van der Waals surface area contributed by atoms with Crippen LogP contribution in [0.1, 0.15) is 18.9 Å². The summed E-state index contributed by atoms with van der Waals surface area (Å²) in [5, 5.41) is 5.24. The molecule has 0 spiro atoms. The lowest BCUT2D eigenvalue weighted by atomic mass is 10.1. The van der Waals surface area contributed by atoms with E-state index in [0.29, 0.717) is 34.1 Å². The van der Waals surface area contributed by atoms with Crippen molar-refractivity contribution in [3.63, 3.8) is 0 Å². The van der Waals surface area contributed by atoms with Gasteiger partial charge < -0.3 is 10.1 Å². The minimum absolute atomic E-state index is 0.0638. The number of halogens is 1. The van der Waals surface area contributed by atoms with Gasteiger partial charge in [0.2, 0.25) is 0 Å². The van der Waals surface area contributed by atoms with Crippen LogP contribution in [0.4, 0.5) is 11.4 Å². The maximum absolute atomic E-state index is 12.9. The second-order valence-corrected chi connectivity index (χ2v) is 10.1. The highest BCUT2D eigenvalue weighted by Gasteiger charge is 2.21.